The number of hydrogen-bond acceptors (Lipinski definition) is 2. The predicted octanol–water partition coefficient (Wildman–Crippen LogP) is 3.03. The highest BCUT2D eigenvalue weighted by atomic mass is 16.2. The van der Waals surface area contributed by atoms with Crippen molar-refractivity contribution in [1.82, 2.24) is 9.80 Å². The van der Waals surface area contributed by atoms with Crippen molar-refractivity contribution < 1.29 is 4.79 Å². The van der Waals surface area contributed by atoms with Crippen LogP contribution in [0.2, 0.25) is 0 Å². The Morgan fingerprint density at radius 1 is 1.23 bits per heavy atom. The highest BCUT2D eigenvalue weighted by Gasteiger charge is 2.47. The largest absolute Gasteiger partial charge is 0.345 e. The van der Waals surface area contributed by atoms with Crippen molar-refractivity contribution in [3.63, 3.8) is 0 Å². The van der Waals surface area contributed by atoms with Crippen LogP contribution >= 0.6 is 0 Å². The van der Waals surface area contributed by atoms with Crippen LogP contribution in [0, 0.1) is 5.41 Å². The summed E-state index contributed by atoms with van der Waals surface area (Å²) in [5, 5.41) is 0. The van der Waals surface area contributed by atoms with Crippen LogP contribution in [0.5, 0.6) is 0 Å². The molecule has 3 nitrogen and oxygen atoms in total. The van der Waals surface area contributed by atoms with E-state index < -0.39 is 0 Å². The summed E-state index contributed by atoms with van der Waals surface area (Å²) in [5.41, 5.74) is 2.52. The van der Waals surface area contributed by atoms with E-state index in [9.17, 15) is 4.79 Å². The number of piperidine rings is 1. The lowest BCUT2D eigenvalue weighted by atomic mass is 9.78. The molecule has 2 aliphatic rings. The molecule has 0 aromatic heterocycles. The van der Waals surface area contributed by atoms with E-state index in [1.165, 1.54) is 11.1 Å². The van der Waals surface area contributed by atoms with Gasteiger partial charge in [-0.3, -0.25) is 9.69 Å². The van der Waals surface area contributed by atoms with Gasteiger partial charge in [0.2, 0.25) is 5.91 Å². The van der Waals surface area contributed by atoms with Gasteiger partial charge in [-0.25, -0.2) is 0 Å². The fourth-order valence-corrected chi connectivity index (χ4v) is 3.97. The van der Waals surface area contributed by atoms with Gasteiger partial charge >= 0.3 is 0 Å². The molecule has 0 N–H and O–H groups in total. The van der Waals surface area contributed by atoms with Gasteiger partial charge in [-0.2, -0.15) is 0 Å². The molecular weight excluding hydrogens is 272 g/mol. The van der Waals surface area contributed by atoms with Gasteiger partial charge in [0.15, 0.2) is 0 Å². The molecule has 1 unspecified atom stereocenters. The van der Waals surface area contributed by atoms with Gasteiger partial charge in [0, 0.05) is 26.7 Å². The van der Waals surface area contributed by atoms with Gasteiger partial charge in [-0.15, -0.1) is 0 Å². The van der Waals surface area contributed by atoms with Gasteiger partial charge in [-0.1, -0.05) is 42.0 Å². The smallest absolute Gasteiger partial charge is 0.229 e. The minimum atomic E-state index is -0.0972. The van der Waals surface area contributed by atoms with Crippen LogP contribution in [-0.2, 0) is 4.79 Å². The zero-order chi connectivity index (χ0) is 15.6. The van der Waals surface area contributed by atoms with E-state index in [1.807, 2.05) is 18.0 Å². The second-order valence-electron chi connectivity index (χ2n) is 6.97. The van der Waals surface area contributed by atoms with Crippen LogP contribution < -0.4 is 0 Å². The van der Waals surface area contributed by atoms with Gasteiger partial charge in [-0.05, 0) is 38.3 Å². The Labute approximate surface area is 133 Å². The number of carbonyl (C=O) groups excluding carboxylic acids is 1. The van der Waals surface area contributed by atoms with Crippen molar-refractivity contribution in [2.75, 3.05) is 33.2 Å². The van der Waals surface area contributed by atoms with Gasteiger partial charge in [0.1, 0.15) is 0 Å². The Hall–Kier alpha value is -1.61. The maximum Gasteiger partial charge on any atom is 0.229 e. The molecule has 3 rings (SSSR count). The Morgan fingerprint density at radius 2 is 2.00 bits per heavy atom. The summed E-state index contributed by atoms with van der Waals surface area (Å²) in [4.78, 5) is 16.9. The topological polar surface area (TPSA) is 23.6 Å². The van der Waals surface area contributed by atoms with Crippen LogP contribution in [-0.4, -0.2) is 48.9 Å². The molecule has 0 aliphatic carbocycles. The normalized spacial score (nSPS) is 26.9. The standard InChI is InChI=1S/C19H26N2O/c1-16(13-17-7-4-3-5-8-17)14-21-12-10-19(15-21)9-6-11-20(2)18(19)22/h3-5,7-8,13H,6,9-12,14-15H2,1-2H3. The van der Waals surface area contributed by atoms with Crippen molar-refractivity contribution in [3.8, 4) is 0 Å². The van der Waals surface area contributed by atoms with Crippen molar-refractivity contribution in [2.24, 2.45) is 5.41 Å². The summed E-state index contributed by atoms with van der Waals surface area (Å²) < 4.78 is 0. The number of nitrogens with zero attached hydrogens (tertiary/aromatic N) is 2. The SMILES string of the molecule is CC(=Cc1ccccc1)CN1CCC2(CCCN(C)C2=O)C1. The van der Waals surface area contributed by atoms with Crippen LogP contribution in [0.25, 0.3) is 6.08 Å². The number of carbonyl (C=O) groups is 1. The Kier molecular flexibility index (Phi) is 4.34. The number of hydrogen-bond donors (Lipinski definition) is 0. The molecule has 118 valence electrons. The quantitative estimate of drug-likeness (QED) is 0.856. The van der Waals surface area contributed by atoms with Gasteiger partial charge in [0.25, 0.3) is 0 Å². The molecule has 1 spiro atoms. The van der Waals surface area contributed by atoms with E-state index >= 15 is 0 Å². The molecule has 2 fully saturated rings. The fourth-order valence-electron chi connectivity index (χ4n) is 3.97. The number of likely N-dealkylation sites (tertiary alicyclic amines) is 2. The first-order chi connectivity index (χ1) is 10.6. The van der Waals surface area contributed by atoms with Crippen molar-refractivity contribution >= 4 is 12.0 Å². The summed E-state index contributed by atoms with van der Waals surface area (Å²) in [5.74, 6) is 0.367. The number of benzene rings is 1. The second kappa shape index (κ2) is 6.25. The Balaban J connectivity index is 1.63. The lowest BCUT2D eigenvalue weighted by Crippen LogP contribution is -2.48. The summed E-state index contributed by atoms with van der Waals surface area (Å²) in [7, 11) is 1.95. The third-order valence-corrected chi connectivity index (χ3v) is 5.07. The Morgan fingerprint density at radius 3 is 2.77 bits per heavy atom. The molecule has 1 aromatic rings. The van der Waals surface area contributed by atoms with E-state index in [4.69, 9.17) is 0 Å². The highest BCUT2D eigenvalue weighted by Crippen LogP contribution is 2.39. The first-order valence-electron chi connectivity index (χ1n) is 8.29. The van der Waals surface area contributed by atoms with Gasteiger partial charge < -0.3 is 4.90 Å². The first-order valence-corrected chi connectivity index (χ1v) is 8.29. The van der Waals surface area contributed by atoms with E-state index in [2.05, 4.69) is 42.2 Å². The van der Waals surface area contributed by atoms with Crippen molar-refractivity contribution in [1.29, 1.82) is 0 Å². The maximum atomic E-state index is 12.6. The third kappa shape index (κ3) is 3.09. The summed E-state index contributed by atoms with van der Waals surface area (Å²) in [6.07, 6.45) is 5.48. The monoisotopic (exact) mass is 298 g/mol. The molecule has 0 saturated carbocycles. The number of rotatable bonds is 3. The predicted molar refractivity (Wildman–Crippen MR) is 90.5 cm³/mol. The van der Waals surface area contributed by atoms with E-state index in [0.29, 0.717) is 5.91 Å². The Bertz CT molecular complexity index is 566. The van der Waals surface area contributed by atoms with Crippen molar-refractivity contribution in [3.05, 3.63) is 41.5 Å². The molecule has 22 heavy (non-hydrogen) atoms. The first kappa shape index (κ1) is 15.3. The van der Waals surface area contributed by atoms with Crippen LogP contribution in [0.15, 0.2) is 35.9 Å². The minimum absolute atomic E-state index is 0.0972. The molecular formula is C19H26N2O. The highest BCUT2D eigenvalue weighted by molar-refractivity contribution is 5.84. The molecule has 1 amide bonds. The zero-order valence-corrected chi connectivity index (χ0v) is 13.7. The van der Waals surface area contributed by atoms with Crippen LogP contribution in [0.4, 0.5) is 0 Å². The average molecular weight is 298 g/mol. The lowest BCUT2D eigenvalue weighted by molar-refractivity contribution is -0.143. The van der Waals surface area contributed by atoms with E-state index in [0.717, 1.165) is 45.4 Å². The molecule has 1 aromatic carbocycles. The molecule has 0 radical (unpaired) electrons. The number of amides is 1. The molecule has 2 heterocycles. The lowest BCUT2D eigenvalue weighted by Gasteiger charge is -2.37. The maximum absolute atomic E-state index is 12.6. The molecule has 3 heteroatoms. The van der Waals surface area contributed by atoms with Gasteiger partial charge in [0.05, 0.1) is 5.41 Å². The van der Waals surface area contributed by atoms with Crippen LogP contribution in [0.1, 0.15) is 31.7 Å². The van der Waals surface area contributed by atoms with E-state index in [1.54, 1.807) is 0 Å². The van der Waals surface area contributed by atoms with Crippen LogP contribution in [0.3, 0.4) is 0 Å². The summed E-state index contributed by atoms with van der Waals surface area (Å²) >= 11 is 0. The van der Waals surface area contributed by atoms with E-state index in [-0.39, 0.29) is 5.41 Å². The molecule has 1 atom stereocenters. The third-order valence-electron chi connectivity index (χ3n) is 5.07. The average Bonchev–Trinajstić information content (AvgIpc) is 2.89. The molecule has 0 bridgehead atoms. The van der Waals surface area contributed by atoms with Crippen molar-refractivity contribution in [2.45, 2.75) is 26.2 Å². The molecule has 2 saturated heterocycles. The fraction of sp³-hybridized carbons (Fsp3) is 0.526. The zero-order valence-electron chi connectivity index (χ0n) is 13.7. The minimum Gasteiger partial charge on any atom is -0.345 e. The molecule has 2 aliphatic heterocycles. The second-order valence-corrected chi connectivity index (χ2v) is 6.97. The summed E-state index contributed by atoms with van der Waals surface area (Å²) in [6, 6.07) is 10.5. The summed E-state index contributed by atoms with van der Waals surface area (Å²) in [6.45, 7) is 6.05.